The van der Waals surface area contributed by atoms with Gasteiger partial charge in [-0.1, -0.05) is 38.3 Å². The van der Waals surface area contributed by atoms with E-state index in [1.54, 1.807) is 0 Å². The van der Waals surface area contributed by atoms with E-state index in [9.17, 15) is 0 Å². The fraction of sp³-hybridized carbons (Fsp3) is 0.647. The van der Waals surface area contributed by atoms with Crippen molar-refractivity contribution in [1.82, 2.24) is 5.32 Å². The maximum Gasteiger partial charge on any atom is 0.122 e. The summed E-state index contributed by atoms with van der Waals surface area (Å²) in [6.45, 7) is 4.28. The monoisotopic (exact) mass is 259 g/mol. The van der Waals surface area contributed by atoms with Crippen LogP contribution in [0.15, 0.2) is 18.2 Å². The summed E-state index contributed by atoms with van der Waals surface area (Å²) in [5.41, 5.74) is 2.82. The minimum absolute atomic E-state index is 0.506. The van der Waals surface area contributed by atoms with Crippen LogP contribution in [0.5, 0.6) is 5.75 Å². The topological polar surface area (TPSA) is 21.3 Å². The Morgan fingerprint density at radius 3 is 3.00 bits per heavy atom. The molecule has 0 aromatic heterocycles. The highest BCUT2D eigenvalue weighted by atomic mass is 16.5. The number of hydrogen-bond acceptors (Lipinski definition) is 2. The van der Waals surface area contributed by atoms with Crippen molar-refractivity contribution in [3.8, 4) is 5.75 Å². The molecule has 1 N–H and O–H groups in total. The van der Waals surface area contributed by atoms with E-state index in [1.165, 1.54) is 36.8 Å². The summed E-state index contributed by atoms with van der Waals surface area (Å²) in [4.78, 5) is 0. The van der Waals surface area contributed by atoms with Crippen molar-refractivity contribution in [2.24, 2.45) is 5.92 Å². The van der Waals surface area contributed by atoms with Gasteiger partial charge >= 0.3 is 0 Å². The van der Waals surface area contributed by atoms with Crippen molar-refractivity contribution in [3.63, 3.8) is 0 Å². The highest BCUT2D eigenvalue weighted by molar-refractivity contribution is 5.40. The predicted octanol–water partition coefficient (Wildman–Crippen LogP) is 3.85. The summed E-state index contributed by atoms with van der Waals surface area (Å²) in [6, 6.07) is 7.22. The molecule has 0 bridgehead atoms. The Kier molecular flexibility index (Phi) is 4.07. The van der Waals surface area contributed by atoms with Crippen LogP contribution in [-0.2, 0) is 6.42 Å². The molecule has 1 aliphatic heterocycles. The van der Waals surface area contributed by atoms with E-state index in [-0.39, 0.29) is 0 Å². The number of rotatable bonds is 6. The summed E-state index contributed by atoms with van der Waals surface area (Å²) in [6.07, 6.45) is 7.94. The minimum atomic E-state index is 0.506. The van der Waals surface area contributed by atoms with Gasteiger partial charge in [-0.3, -0.25) is 0 Å². The first-order valence-electron chi connectivity index (χ1n) is 7.86. The third-order valence-corrected chi connectivity index (χ3v) is 4.69. The average Bonchev–Trinajstić information content (AvgIpc) is 2.84. The quantitative estimate of drug-likeness (QED) is 0.837. The smallest absolute Gasteiger partial charge is 0.122 e. The molecular weight excluding hydrogens is 234 g/mol. The molecule has 1 aromatic rings. The van der Waals surface area contributed by atoms with E-state index in [4.69, 9.17) is 4.74 Å². The van der Waals surface area contributed by atoms with Gasteiger partial charge in [0.2, 0.25) is 0 Å². The number of ether oxygens (including phenoxy) is 1. The van der Waals surface area contributed by atoms with E-state index in [0.29, 0.717) is 6.04 Å². The van der Waals surface area contributed by atoms with Crippen molar-refractivity contribution in [2.75, 3.05) is 13.2 Å². The SMILES string of the molecule is CCC(NCCC1CCC1)c1ccc2c(c1)CCO2. The predicted molar refractivity (Wildman–Crippen MR) is 78.6 cm³/mol. The Hall–Kier alpha value is -1.02. The molecule has 2 heteroatoms. The summed E-state index contributed by atoms with van der Waals surface area (Å²) >= 11 is 0. The Labute approximate surface area is 116 Å². The molecule has 104 valence electrons. The average molecular weight is 259 g/mol. The molecule has 2 aliphatic rings. The van der Waals surface area contributed by atoms with Gasteiger partial charge in [-0.05, 0) is 42.5 Å². The van der Waals surface area contributed by atoms with E-state index >= 15 is 0 Å². The lowest BCUT2D eigenvalue weighted by atomic mass is 9.83. The molecule has 1 atom stereocenters. The van der Waals surface area contributed by atoms with Crippen LogP contribution in [0.4, 0.5) is 0 Å². The number of hydrogen-bond donors (Lipinski definition) is 1. The highest BCUT2D eigenvalue weighted by Gasteiger charge is 2.18. The van der Waals surface area contributed by atoms with Gasteiger partial charge in [0.1, 0.15) is 5.75 Å². The summed E-state index contributed by atoms with van der Waals surface area (Å²) in [5, 5.41) is 3.74. The molecule has 1 saturated carbocycles. The third kappa shape index (κ3) is 2.94. The molecule has 1 heterocycles. The van der Waals surface area contributed by atoms with Gasteiger partial charge in [0.05, 0.1) is 6.61 Å². The fourth-order valence-electron chi connectivity index (χ4n) is 3.16. The first-order chi connectivity index (χ1) is 9.36. The maximum atomic E-state index is 5.58. The second-order valence-electron chi connectivity index (χ2n) is 5.97. The van der Waals surface area contributed by atoms with Gasteiger partial charge in [0.25, 0.3) is 0 Å². The summed E-state index contributed by atoms with van der Waals surface area (Å²) in [7, 11) is 0. The molecule has 3 rings (SSSR count). The Morgan fingerprint density at radius 2 is 2.26 bits per heavy atom. The van der Waals surface area contributed by atoms with E-state index in [0.717, 1.165) is 37.7 Å². The molecule has 0 amide bonds. The zero-order chi connectivity index (χ0) is 13.1. The van der Waals surface area contributed by atoms with Gasteiger partial charge < -0.3 is 10.1 Å². The van der Waals surface area contributed by atoms with Crippen LogP contribution in [-0.4, -0.2) is 13.2 Å². The lowest BCUT2D eigenvalue weighted by Crippen LogP contribution is -2.25. The summed E-state index contributed by atoms with van der Waals surface area (Å²) in [5.74, 6) is 2.09. The molecule has 2 nitrogen and oxygen atoms in total. The first-order valence-corrected chi connectivity index (χ1v) is 7.86. The van der Waals surface area contributed by atoms with Crippen LogP contribution >= 0.6 is 0 Å². The third-order valence-electron chi connectivity index (χ3n) is 4.69. The molecule has 0 spiro atoms. The van der Waals surface area contributed by atoms with Crippen LogP contribution in [0.3, 0.4) is 0 Å². The van der Waals surface area contributed by atoms with E-state index in [1.807, 2.05) is 0 Å². The molecule has 0 radical (unpaired) electrons. The zero-order valence-corrected chi connectivity index (χ0v) is 12.0. The van der Waals surface area contributed by atoms with E-state index in [2.05, 4.69) is 30.4 Å². The number of fused-ring (bicyclic) bond motifs is 1. The number of benzene rings is 1. The van der Waals surface area contributed by atoms with Gasteiger partial charge in [-0.2, -0.15) is 0 Å². The Morgan fingerprint density at radius 1 is 1.37 bits per heavy atom. The molecule has 1 unspecified atom stereocenters. The van der Waals surface area contributed by atoms with Crippen LogP contribution in [0.2, 0.25) is 0 Å². The number of nitrogens with one attached hydrogen (secondary N) is 1. The van der Waals surface area contributed by atoms with Crippen molar-refractivity contribution in [2.45, 2.75) is 51.5 Å². The molecule has 1 aliphatic carbocycles. The largest absolute Gasteiger partial charge is 0.493 e. The van der Waals surface area contributed by atoms with Crippen LogP contribution in [0.25, 0.3) is 0 Å². The van der Waals surface area contributed by atoms with Crippen LogP contribution in [0.1, 0.15) is 56.2 Å². The fourth-order valence-corrected chi connectivity index (χ4v) is 3.16. The molecule has 0 saturated heterocycles. The van der Waals surface area contributed by atoms with Crippen molar-refractivity contribution < 1.29 is 4.74 Å². The molecule has 19 heavy (non-hydrogen) atoms. The highest BCUT2D eigenvalue weighted by Crippen LogP contribution is 2.30. The standard InChI is InChI=1S/C17H25NO/c1-2-16(18-10-8-13-4-3-5-13)14-6-7-17-15(12-14)9-11-19-17/h6-7,12-13,16,18H,2-5,8-11H2,1H3. The lowest BCUT2D eigenvalue weighted by molar-refractivity contribution is 0.287. The Bertz CT molecular complexity index is 425. The van der Waals surface area contributed by atoms with Crippen LogP contribution in [0, 0.1) is 5.92 Å². The molecule has 1 fully saturated rings. The molecular formula is C17H25NO. The Balaban J connectivity index is 1.57. The van der Waals surface area contributed by atoms with Gasteiger partial charge in [-0.25, -0.2) is 0 Å². The van der Waals surface area contributed by atoms with Gasteiger partial charge in [-0.15, -0.1) is 0 Å². The van der Waals surface area contributed by atoms with E-state index < -0.39 is 0 Å². The molecule has 1 aromatic carbocycles. The lowest BCUT2D eigenvalue weighted by Gasteiger charge is -2.26. The normalized spacial score (nSPS) is 19.6. The van der Waals surface area contributed by atoms with Crippen molar-refractivity contribution >= 4 is 0 Å². The van der Waals surface area contributed by atoms with Crippen molar-refractivity contribution in [1.29, 1.82) is 0 Å². The van der Waals surface area contributed by atoms with Gasteiger partial charge in [0.15, 0.2) is 0 Å². The minimum Gasteiger partial charge on any atom is -0.493 e. The summed E-state index contributed by atoms with van der Waals surface area (Å²) < 4.78 is 5.58. The van der Waals surface area contributed by atoms with Crippen LogP contribution < -0.4 is 10.1 Å². The van der Waals surface area contributed by atoms with Crippen molar-refractivity contribution in [3.05, 3.63) is 29.3 Å². The second-order valence-corrected chi connectivity index (χ2v) is 5.97. The second kappa shape index (κ2) is 5.96. The zero-order valence-electron chi connectivity index (χ0n) is 12.0. The van der Waals surface area contributed by atoms with Gasteiger partial charge in [0, 0.05) is 12.5 Å². The maximum absolute atomic E-state index is 5.58. The first kappa shape index (κ1) is 13.0.